The van der Waals surface area contributed by atoms with Crippen molar-refractivity contribution in [1.29, 1.82) is 0 Å². The van der Waals surface area contributed by atoms with Gasteiger partial charge in [-0.1, -0.05) is 36.2 Å². The summed E-state index contributed by atoms with van der Waals surface area (Å²) in [6.07, 6.45) is 6.97. The third-order valence-corrected chi connectivity index (χ3v) is 6.32. The Kier molecular flexibility index (Phi) is 5.63. The quantitative estimate of drug-likeness (QED) is 0.848. The van der Waals surface area contributed by atoms with E-state index in [1.807, 2.05) is 18.3 Å². The van der Waals surface area contributed by atoms with Gasteiger partial charge in [0.25, 0.3) is 0 Å². The largest absolute Gasteiger partial charge is 0.395 e. The van der Waals surface area contributed by atoms with Crippen LogP contribution in [0.5, 0.6) is 0 Å². The summed E-state index contributed by atoms with van der Waals surface area (Å²) in [6.45, 7) is 4.40. The van der Waals surface area contributed by atoms with E-state index in [0.717, 1.165) is 55.9 Å². The number of halogens is 1. The molecule has 2 heterocycles. The zero-order valence-corrected chi connectivity index (χ0v) is 16.7. The summed E-state index contributed by atoms with van der Waals surface area (Å²) in [5.41, 5.74) is 7.92. The number of benzene rings is 1. The molecule has 4 heteroatoms. The fourth-order valence-corrected chi connectivity index (χ4v) is 4.74. The molecular formula is C23H27ClN2O. The van der Waals surface area contributed by atoms with Gasteiger partial charge in [-0.25, -0.2) is 0 Å². The molecule has 0 unspecified atom stereocenters. The van der Waals surface area contributed by atoms with E-state index in [2.05, 4.69) is 30.0 Å². The van der Waals surface area contributed by atoms with E-state index in [-0.39, 0.29) is 12.6 Å². The number of likely N-dealkylation sites (tertiary alicyclic amines) is 1. The molecule has 3 nitrogen and oxygen atoms in total. The van der Waals surface area contributed by atoms with Gasteiger partial charge < -0.3 is 5.11 Å². The molecule has 0 bridgehead atoms. The minimum atomic E-state index is 0.244. The molecule has 1 aliphatic heterocycles. The smallest absolute Gasteiger partial charge is 0.0739 e. The first kappa shape index (κ1) is 18.7. The number of nitrogens with zero attached hydrogens (tertiary/aromatic N) is 2. The highest BCUT2D eigenvalue weighted by molar-refractivity contribution is 6.30. The first-order chi connectivity index (χ1) is 13.2. The maximum atomic E-state index is 9.64. The summed E-state index contributed by atoms with van der Waals surface area (Å²) in [4.78, 5) is 7.23. The molecule has 2 aliphatic rings. The predicted molar refractivity (Wildman–Crippen MR) is 111 cm³/mol. The van der Waals surface area contributed by atoms with Crippen LogP contribution in [0, 0.1) is 0 Å². The molecule has 1 atom stereocenters. The zero-order valence-electron chi connectivity index (χ0n) is 15.9. The van der Waals surface area contributed by atoms with Crippen molar-refractivity contribution in [2.45, 2.75) is 45.1 Å². The fraction of sp³-hybridized carbons (Fsp3) is 0.435. The Bertz CT molecular complexity index is 847. The van der Waals surface area contributed by atoms with Crippen LogP contribution < -0.4 is 0 Å². The molecule has 1 saturated heterocycles. The maximum absolute atomic E-state index is 9.64. The Morgan fingerprint density at radius 2 is 1.89 bits per heavy atom. The Morgan fingerprint density at radius 3 is 2.63 bits per heavy atom. The summed E-state index contributed by atoms with van der Waals surface area (Å²) < 4.78 is 0. The van der Waals surface area contributed by atoms with Gasteiger partial charge in [0.1, 0.15) is 0 Å². The first-order valence-electron chi connectivity index (χ1n) is 10.0. The maximum Gasteiger partial charge on any atom is 0.0739 e. The van der Waals surface area contributed by atoms with Gasteiger partial charge >= 0.3 is 0 Å². The fourth-order valence-electron chi connectivity index (χ4n) is 4.55. The average molecular weight is 383 g/mol. The van der Waals surface area contributed by atoms with Crippen LogP contribution in [0.25, 0.3) is 5.57 Å². The number of fused-ring (bicyclic) bond motifs is 2. The number of aromatic nitrogens is 1. The monoisotopic (exact) mass is 382 g/mol. The number of rotatable bonds is 3. The van der Waals surface area contributed by atoms with Crippen molar-refractivity contribution in [2.24, 2.45) is 0 Å². The second-order valence-corrected chi connectivity index (χ2v) is 8.01. The van der Waals surface area contributed by atoms with E-state index in [1.54, 1.807) is 0 Å². The second kappa shape index (κ2) is 8.14. The zero-order chi connectivity index (χ0) is 18.8. The third kappa shape index (κ3) is 3.69. The highest BCUT2D eigenvalue weighted by Crippen LogP contribution is 2.38. The van der Waals surface area contributed by atoms with Gasteiger partial charge in [0.2, 0.25) is 0 Å². The van der Waals surface area contributed by atoms with Crippen LogP contribution in [-0.2, 0) is 12.8 Å². The van der Waals surface area contributed by atoms with Crippen molar-refractivity contribution in [3.63, 3.8) is 0 Å². The van der Waals surface area contributed by atoms with Crippen LogP contribution in [0.15, 0.2) is 42.1 Å². The number of pyridine rings is 1. The molecule has 0 saturated carbocycles. The minimum absolute atomic E-state index is 0.244. The lowest BCUT2D eigenvalue weighted by Crippen LogP contribution is -2.41. The molecule has 1 aromatic carbocycles. The van der Waals surface area contributed by atoms with Gasteiger partial charge in [-0.15, -0.1) is 0 Å². The molecule has 27 heavy (non-hydrogen) atoms. The lowest BCUT2D eigenvalue weighted by molar-refractivity contribution is 0.112. The molecule has 1 fully saturated rings. The standard InChI is InChI=1S/C23H27ClN2O/c1-2-20(15-27)26-12-9-16(10-13-26)22-21-8-7-19(24)14-18(21)6-5-17-4-3-11-25-23(17)22/h3-4,7-8,11,14,20,27H,2,5-6,9-10,12-13,15H2,1H3/t20-/m1/s1. The van der Waals surface area contributed by atoms with E-state index in [0.29, 0.717) is 0 Å². The van der Waals surface area contributed by atoms with Crippen LogP contribution in [0.2, 0.25) is 5.02 Å². The molecule has 0 amide bonds. The van der Waals surface area contributed by atoms with Crippen molar-refractivity contribution < 1.29 is 5.11 Å². The van der Waals surface area contributed by atoms with E-state index < -0.39 is 0 Å². The summed E-state index contributed by atoms with van der Waals surface area (Å²) in [5.74, 6) is 0. The molecule has 1 N–H and O–H groups in total. The Morgan fingerprint density at radius 1 is 1.11 bits per heavy atom. The number of aliphatic hydroxyl groups is 1. The molecule has 1 aromatic heterocycles. The lowest BCUT2D eigenvalue weighted by Gasteiger charge is -2.35. The van der Waals surface area contributed by atoms with Crippen LogP contribution in [0.1, 0.15) is 48.6 Å². The number of aryl methyl sites for hydroxylation is 2. The van der Waals surface area contributed by atoms with Crippen LogP contribution in [0.3, 0.4) is 0 Å². The van der Waals surface area contributed by atoms with Gasteiger partial charge in [0, 0.05) is 35.9 Å². The van der Waals surface area contributed by atoms with Crippen LogP contribution in [0.4, 0.5) is 0 Å². The number of aliphatic hydroxyl groups excluding tert-OH is 1. The normalized spacial score (nSPS) is 18.6. The Hall–Kier alpha value is -1.68. The second-order valence-electron chi connectivity index (χ2n) is 7.57. The molecule has 142 valence electrons. The number of hydrogen-bond donors (Lipinski definition) is 1. The Balaban J connectivity index is 1.77. The third-order valence-electron chi connectivity index (χ3n) is 6.08. The van der Waals surface area contributed by atoms with Crippen molar-refractivity contribution >= 4 is 17.2 Å². The summed E-state index contributed by atoms with van der Waals surface area (Å²) in [5, 5.41) is 10.4. The van der Waals surface area contributed by atoms with Crippen LogP contribution >= 0.6 is 11.6 Å². The van der Waals surface area contributed by atoms with E-state index in [1.165, 1.54) is 27.8 Å². The van der Waals surface area contributed by atoms with E-state index in [4.69, 9.17) is 16.6 Å². The summed E-state index contributed by atoms with van der Waals surface area (Å²) >= 11 is 6.30. The van der Waals surface area contributed by atoms with Crippen molar-refractivity contribution in [3.8, 4) is 0 Å². The van der Waals surface area contributed by atoms with Gasteiger partial charge in [0.05, 0.1) is 12.3 Å². The SMILES string of the molecule is CC[C@H](CO)N1CCC(=C2c3ccc(Cl)cc3CCc3cccnc32)CC1. The number of hydrogen-bond acceptors (Lipinski definition) is 3. The molecule has 0 radical (unpaired) electrons. The number of piperidine rings is 1. The summed E-state index contributed by atoms with van der Waals surface area (Å²) in [7, 11) is 0. The molecule has 4 rings (SSSR count). The predicted octanol–water partition coefficient (Wildman–Crippen LogP) is 4.50. The van der Waals surface area contributed by atoms with Gasteiger partial charge in [-0.3, -0.25) is 9.88 Å². The average Bonchev–Trinajstić information content (AvgIpc) is 2.86. The van der Waals surface area contributed by atoms with Crippen molar-refractivity contribution in [2.75, 3.05) is 19.7 Å². The van der Waals surface area contributed by atoms with Crippen LogP contribution in [-0.4, -0.2) is 40.7 Å². The highest BCUT2D eigenvalue weighted by atomic mass is 35.5. The Labute approximate surface area is 166 Å². The minimum Gasteiger partial charge on any atom is -0.395 e. The van der Waals surface area contributed by atoms with E-state index in [9.17, 15) is 5.11 Å². The molecule has 1 aliphatic carbocycles. The van der Waals surface area contributed by atoms with Gasteiger partial charge in [-0.05, 0) is 67.0 Å². The van der Waals surface area contributed by atoms with Crippen molar-refractivity contribution in [3.05, 3.63) is 69.5 Å². The highest BCUT2D eigenvalue weighted by Gasteiger charge is 2.26. The molecule has 2 aromatic rings. The molecule has 0 spiro atoms. The van der Waals surface area contributed by atoms with Gasteiger partial charge in [0.15, 0.2) is 0 Å². The lowest BCUT2D eigenvalue weighted by atomic mass is 9.88. The van der Waals surface area contributed by atoms with Crippen molar-refractivity contribution in [1.82, 2.24) is 9.88 Å². The topological polar surface area (TPSA) is 36.4 Å². The first-order valence-corrected chi connectivity index (χ1v) is 10.4. The molecular weight excluding hydrogens is 356 g/mol. The van der Waals surface area contributed by atoms with E-state index >= 15 is 0 Å². The van der Waals surface area contributed by atoms with Gasteiger partial charge in [-0.2, -0.15) is 0 Å². The summed E-state index contributed by atoms with van der Waals surface area (Å²) in [6, 6.07) is 10.8.